The second-order valence-electron chi connectivity index (χ2n) is 2.81. The number of rotatable bonds is 2. The fraction of sp³-hybridized carbons (Fsp3) is 0.100. The molecule has 0 aromatic heterocycles. The Balaban J connectivity index is 3.15. The van der Waals surface area contributed by atoms with E-state index in [0.717, 1.165) is 0 Å². The summed E-state index contributed by atoms with van der Waals surface area (Å²) in [6, 6.07) is 4.78. The maximum absolute atomic E-state index is 13.4. The zero-order valence-corrected chi connectivity index (χ0v) is 8.38. The summed E-state index contributed by atoms with van der Waals surface area (Å²) in [5, 5.41) is 8.54. The molecule has 0 bridgehead atoms. The summed E-state index contributed by atoms with van der Waals surface area (Å²) in [5.74, 6) is -1.59. The van der Waals surface area contributed by atoms with Crippen molar-refractivity contribution in [3.8, 4) is 0 Å². The van der Waals surface area contributed by atoms with Gasteiger partial charge in [0, 0.05) is 5.56 Å². The first-order chi connectivity index (χ1) is 6.52. The maximum atomic E-state index is 13.4. The van der Waals surface area contributed by atoms with Gasteiger partial charge in [0.1, 0.15) is 5.82 Å². The van der Waals surface area contributed by atoms with Crippen LogP contribution in [0.5, 0.6) is 0 Å². The Kier molecular flexibility index (Phi) is 3.30. The van der Waals surface area contributed by atoms with Crippen LogP contribution in [0.2, 0.25) is 0 Å². The van der Waals surface area contributed by atoms with Crippen LogP contribution in [0, 0.1) is 12.7 Å². The van der Waals surface area contributed by atoms with E-state index in [-0.39, 0.29) is 10.5 Å². The molecular formula is C10H9FO2S. The molecule has 74 valence electrons. The largest absolute Gasteiger partial charge is 0.477 e. The molecule has 0 heterocycles. The molecule has 1 aromatic rings. The molecule has 14 heavy (non-hydrogen) atoms. The topological polar surface area (TPSA) is 37.3 Å². The van der Waals surface area contributed by atoms with Crippen molar-refractivity contribution in [2.24, 2.45) is 0 Å². The molecule has 0 aliphatic carbocycles. The predicted molar refractivity (Wildman–Crippen MR) is 55.7 cm³/mol. The van der Waals surface area contributed by atoms with E-state index in [1.54, 1.807) is 19.1 Å². The highest BCUT2D eigenvalue weighted by Gasteiger charge is 2.05. The molecule has 0 atom stereocenters. The molecule has 2 nitrogen and oxygen atoms in total. The molecular weight excluding hydrogens is 203 g/mol. The number of hydrogen-bond acceptors (Lipinski definition) is 2. The lowest BCUT2D eigenvalue weighted by Gasteiger charge is -2.00. The third kappa shape index (κ3) is 2.35. The van der Waals surface area contributed by atoms with E-state index in [4.69, 9.17) is 5.11 Å². The van der Waals surface area contributed by atoms with E-state index < -0.39 is 11.8 Å². The Labute approximate surface area is 86.5 Å². The van der Waals surface area contributed by atoms with Crippen molar-refractivity contribution in [2.75, 3.05) is 0 Å². The Morgan fingerprint density at radius 1 is 1.57 bits per heavy atom. The Morgan fingerprint density at radius 2 is 2.21 bits per heavy atom. The minimum absolute atomic E-state index is 0.186. The van der Waals surface area contributed by atoms with Crippen LogP contribution in [0.25, 0.3) is 6.08 Å². The molecule has 0 aliphatic rings. The van der Waals surface area contributed by atoms with Crippen molar-refractivity contribution < 1.29 is 14.3 Å². The molecule has 0 aliphatic heterocycles. The average molecular weight is 212 g/mol. The van der Waals surface area contributed by atoms with E-state index in [1.165, 1.54) is 12.1 Å². The van der Waals surface area contributed by atoms with Gasteiger partial charge in [0.05, 0.1) is 4.91 Å². The highest BCUT2D eigenvalue weighted by Crippen LogP contribution is 2.16. The Bertz CT molecular complexity index is 399. The molecule has 1 aromatic carbocycles. The number of aryl methyl sites for hydroxylation is 1. The quantitative estimate of drug-likeness (QED) is 0.583. The second-order valence-corrected chi connectivity index (χ2v) is 3.29. The maximum Gasteiger partial charge on any atom is 0.341 e. The first-order valence-electron chi connectivity index (χ1n) is 3.91. The summed E-state index contributed by atoms with van der Waals surface area (Å²) in [5.41, 5.74) is 0.711. The van der Waals surface area contributed by atoms with Crippen LogP contribution < -0.4 is 0 Å². The lowest BCUT2D eigenvalue weighted by molar-refractivity contribution is -0.131. The number of hydrogen-bond donors (Lipinski definition) is 2. The van der Waals surface area contributed by atoms with Crippen molar-refractivity contribution >= 4 is 24.7 Å². The van der Waals surface area contributed by atoms with Crippen molar-refractivity contribution in [3.63, 3.8) is 0 Å². The standard InChI is InChI=1S/C10H9FO2S/c1-6-3-2-4-7(9(6)11)5-8(14)10(12)13/h2-5,14H,1H3,(H,12,13). The predicted octanol–water partition coefficient (Wildman–Crippen LogP) is 2.49. The molecule has 0 fully saturated rings. The van der Waals surface area contributed by atoms with Gasteiger partial charge >= 0.3 is 5.97 Å². The van der Waals surface area contributed by atoms with Gasteiger partial charge in [-0.25, -0.2) is 9.18 Å². The molecule has 0 spiro atoms. The molecule has 1 rings (SSSR count). The van der Waals surface area contributed by atoms with E-state index in [9.17, 15) is 9.18 Å². The van der Waals surface area contributed by atoms with Crippen LogP contribution in [-0.4, -0.2) is 11.1 Å². The van der Waals surface area contributed by atoms with Gasteiger partial charge in [-0.2, -0.15) is 0 Å². The number of carbonyl (C=O) groups is 1. The minimum Gasteiger partial charge on any atom is -0.477 e. The Morgan fingerprint density at radius 3 is 2.79 bits per heavy atom. The number of thiol groups is 1. The average Bonchev–Trinajstić information content (AvgIpc) is 2.12. The van der Waals surface area contributed by atoms with E-state index in [2.05, 4.69) is 12.6 Å². The minimum atomic E-state index is -1.17. The first-order valence-corrected chi connectivity index (χ1v) is 4.36. The zero-order chi connectivity index (χ0) is 10.7. The SMILES string of the molecule is Cc1cccc(C=C(S)C(=O)O)c1F. The number of aliphatic carboxylic acids is 1. The van der Waals surface area contributed by atoms with Crippen molar-refractivity contribution in [1.82, 2.24) is 0 Å². The summed E-state index contributed by atoms with van der Waals surface area (Å²) in [4.78, 5) is 10.2. The third-order valence-electron chi connectivity index (χ3n) is 1.73. The lowest BCUT2D eigenvalue weighted by atomic mass is 10.1. The van der Waals surface area contributed by atoms with Gasteiger partial charge in [0.2, 0.25) is 0 Å². The number of benzene rings is 1. The van der Waals surface area contributed by atoms with Gasteiger partial charge in [-0.05, 0) is 18.6 Å². The van der Waals surface area contributed by atoms with E-state index >= 15 is 0 Å². The first kappa shape index (κ1) is 10.8. The number of halogens is 1. The van der Waals surface area contributed by atoms with Crippen molar-refractivity contribution in [2.45, 2.75) is 6.92 Å². The van der Waals surface area contributed by atoms with Crippen LogP contribution in [0.4, 0.5) is 4.39 Å². The normalized spacial score (nSPS) is 11.5. The van der Waals surface area contributed by atoms with Gasteiger partial charge in [0.15, 0.2) is 0 Å². The molecule has 0 saturated carbocycles. The molecule has 4 heteroatoms. The van der Waals surface area contributed by atoms with Gasteiger partial charge in [0.25, 0.3) is 0 Å². The number of carboxylic acids is 1. The summed E-state index contributed by atoms with van der Waals surface area (Å²) in [6.07, 6.45) is 1.19. The lowest BCUT2D eigenvalue weighted by Crippen LogP contribution is -1.94. The van der Waals surface area contributed by atoms with Crippen molar-refractivity contribution in [1.29, 1.82) is 0 Å². The van der Waals surface area contributed by atoms with Crippen LogP contribution in [0.3, 0.4) is 0 Å². The fourth-order valence-electron chi connectivity index (χ4n) is 0.991. The smallest absolute Gasteiger partial charge is 0.341 e. The van der Waals surface area contributed by atoms with E-state index in [1.807, 2.05) is 0 Å². The zero-order valence-electron chi connectivity index (χ0n) is 7.49. The summed E-state index contributed by atoms with van der Waals surface area (Å²) >= 11 is 3.71. The van der Waals surface area contributed by atoms with Gasteiger partial charge in [-0.1, -0.05) is 18.2 Å². The highest BCUT2D eigenvalue weighted by molar-refractivity contribution is 7.85. The van der Waals surface area contributed by atoms with E-state index in [0.29, 0.717) is 5.56 Å². The van der Waals surface area contributed by atoms with Gasteiger partial charge in [-0.3, -0.25) is 0 Å². The third-order valence-corrected chi connectivity index (χ3v) is 2.05. The number of carboxylic acid groups (broad SMARTS) is 1. The van der Waals surface area contributed by atoms with Gasteiger partial charge in [-0.15, -0.1) is 12.6 Å². The summed E-state index contributed by atoms with van der Waals surface area (Å²) < 4.78 is 13.4. The van der Waals surface area contributed by atoms with Gasteiger partial charge < -0.3 is 5.11 Å². The molecule has 0 amide bonds. The van der Waals surface area contributed by atoms with Crippen LogP contribution in [0.1, 0.15) is 11.1 Å². The van der Waals surface area contributed by atoms with Crippen molar-refractivity contribution in [3.05, 3.63) is 40.0 Å². The van der Waals surface area contributed by atoms with Crippen LogP contribution in [-0.2, 0) is 4.79 Å². The highest BCUT2D eigenvalue weighted by atomic mass is 32.1. The fourth-order valence-corrected chi connectivity index (χ4v) is 1.13. The molecule has 0 saturated heterocycles. The van der Waals surface area contributed by atoms with Crippen LogP contribution >= 0.6 is 12.6 Å². The van der Waals surface area contributed by atoms with Crippen LogP contribution in [0.15, 0.2) is 23.1 Å². The summed E-state index contributed by atoms with van der Waals surface area (Å²) in [7, 11) is 0. The summed E-state index contributed by atoms with van der Waals surface area (Å²) in [6.45, 7) is 1.62. The second kappa shape index (κ2) is 4.28. The Hall–Kier alpha value is -1.29. The molecule has 1 N–H and O–H groups in total. The molecule has 0 unspecified atom stereocenters. The molecule has 0 radical (unpaired) electrons. The monoisotopic (exact) mass is 212 g/mol.